The standard InChI is InChI=1S/C15H22Cl2N2O3/c1-11-2-3-14(19(22,6-4-16)7-5-17)9-12(11)8-13(18)10-15(20)21/h2-3,9,13,22H,4-8,10,18H2,1H3/p+1/t13-/m1/s1. The summed E-state index contributed by atoms with van der Waals surface area (Å²) in [4.78, 5) is 10.7. The average Bonchev–Trinajstić information content (AvgIpc) is 2.40. The number of nitrogens with zero attached hydrogens (tertiary/aromatic N) is 1. The van der Waals surface area contributed by atoms with Gasteiger partial charge in [-0.25, -0.2) is 5.21 Å². The Morgan fingerprint density at radius 1 is 1.32 bits per heavy atom. The van der Waals surface area contributed by atoms with Gasteiger partial charge in [-0.1, -0.05) is 6.07 Å². The number of carboxylic acids is 1. The number of carboxylic acid groups (broad SMARTS) is 1. The van der Waals surface area contributed by atoms with E-state index in [-0.39, 0.29) is 11.1 Å². The number of nitrogens with two attached hydrogens (primary N) is 1. The topological polar surface area (TPSA) is 83.5 Å². The van der Waals surface area contributed by atoms with E-state index in [1.165, 1.54) is 0 Å². The quantitative estimate of drug-likeness (QED) is 0.363. The first kappa shape index (κ1) is 19.2. The van der Waals surface area contributed by atoms with Crippen LogP contribution in [-0.2, 0) is 11.2 Å². The van der Waals surface area contributed by atoms with Gasteiger partial charge in [0.05, 0.1) is 18.2 Å². The van der Waals surface area contributed by atoms with Crippen molar-refractivity contribution in [3.63, 3.8) is 0 Å². The number of rotatable bonds is 9. The van der Waals surface area contributed by atoms with E-state index in [0.717, 1.165) is 11.1 Å². The maximum atomic E-state index is 10.7. The minimum Gasteiger partial charge on any atom is -0.481 e. The van der Waals surface area contributed by atoms with Crippen LogP contribution in [0.1, 0.15) is 17.5 Å². The van der Waals surface area contributed by atoms with Gasteiger partial charge < -0.3 is 10.8 Å². The molecule has 0 radical (unpaired) electrons. The highest BCUT2D eigenvalue weighted by molar-refractivity contribution is 6.18. The third-order valence-corrected chi connectivity index (χ3v) is 3.98. The van der Waals surface area contributed by atoms with E-state index in [4.69, 9.17) is 34.0 Å². The van der Waals surface area contributed by atoms with Crippen molar-refractivity contribution in [2.75, 3.05) is 24.8 Å². The first-order chi connectivity index (χ1) is 10.3. The van der Waals surface area contributed by atoms with E-state index in [2.05, 4.69) is 0 Å². The fourth-order valence-electron chi connectivity index (χ4n) is 2.37. The normalized spacial score (nSPS) is 13.1. The lowest BCUT2D eigenvalue weighted by atomic mass is 9.98. The summed E-state index contributed by atoms with van der Waals surface area (Å²) in [6.07, 6.45) is 0.347. The Labute approximate surface area is 140 Å². The number of aryl methyl sites for hydroxylation is 1. The second kappa shape index (κ2) is 8.70. The van der Waals surface area contributed by atoms with Crippen molar-refractivity contribution in [1.82, 2.24) is 4.65 Å². The van der Waals surface area contributed by atoms with Gasteiger partial charge in [-0.3, -0.25) is 4.79 Å². The van der Waals surface area contributed by atoms with E-state index in [9.17, 15) is 10.0 Å². The monoisotopic (exact) mass is 349 g/mol. The predicted octanol–water partition coefficient (Wildman–Crippen LogP) is 2.51. The summed E-state index contributed by atoms with van der Waals surface area (Å²) >= 11 is 11.6. The molecule has 0 heterocycles. The molecule has 22 heavy (non-hydrogen) atoms. The number of hydroxylamine groups is 2. The summed E-state index contributed by atoms with van der Waals surface area (Å²) in [6.45, 7) is 2.62. The van der Waals surface area contributed by atoms with Gasteiger partial charge in [0.15, 0.2) is 5.69 Å². The number of alkyl halides is 2. The number of quaternary nitrogens is 1. The van der Waals surface area contributed by atoms with Crippen LogP contribution in [0.25, 0.3) is 0 Å². The molecule has 1 aromatic carbocycles. The van der Waals surface area contributed by atoms with Crippen molar-refractivity contribution < 1.29 is 15.1 Å². The third kappa shape index (κ3) is 5.41. The lowest BCUT2D eigenvalue weighted by molar-refractivity contribution is -0.137. The average molecular weight is 350 g/mol. The predicted molar refractivity (Wildman–Crippen MR) is 89.9 cm³/mol. The molecule has 0 amide bonds. The number of benzene rings is 1. The molecule has 0 aliphatic heterocycles. The molecule has 7 heteroatoms. The van der Waals surface area contributed by atoms with Gasteiger partial charge in [-0.05, 0) is 24.5 Å². The van der Waals surface area contributed by atoms with Crippen LogP contribution >= 0.6 is 23.2 Å². The number of carbonyl (C=O) groups is 1. The first-order valence-electron chi connectivity index (χ1n) is 7.11. The molecule has 1 aromatic rings. The number of hydrogen-bond donors (Lipinski definition) is 3. The highest BCUT2D eigenvalue weighted by Gasteiger charge is 2.28. The molecule has 124 valence electrons. The number of hydrogen-bond acceptors (Lipinski definition) is 3. The molecule has 0 aliphatic carbocycles. The van der Waals surface area contributed by atoms with Gasteiger partial charge in [0, 0.05) is 18.2 Å². The Bertz CT molecular complexity index is 506. The van der Waals surface area contributed by atoms with Crippen molar-refractivity contribution in [3.8, 4) is 0 Å². The fourth-order valence-corrected chi connectivity index (χ4v) is 2.92. The molecule has 1 atom stereocenters. The summed E-state index contributed by atoms with van der Waals surface area (Å²) < 4.78 is -0.339. The van der Waals surface area contributed by atoms with Crippen LogP contribution in [0.5, 0.6) is 0 Å². The van der Waals surface area contributed by atoms with Crippen LogP contribution in [0.2, 0.25) is 0 Å². The van der Waals surface area contributed by atoms with Crippen LogP contribution in [0.4, 0.5) is 5.69 Å². The molecule has 0 saturated heterocycles. The Balaban J connectivity index is 3.03. The summed E-state index contributed by atoms with van der Waals surface area (Å²) in [5.74, 6) is -0.317. The van der Waals surface area contributed by atoms with Crippen molar-refractivity contribution in [3.05, 3.63) is 29.3 Å². The lowest BCUT2D eigenvalue weighted by Gasteiger charge is -2.29. The molecule has 0 aromatic heterocycles. The smallest absolute Gasteiger partial charge is 0.304 e. The largest absolute Gasteiger partial charge is 0.481 e. The Hall–Kier alpha value is -0.850. The lowest BCUT2D eigenvalue weighted by Crippen LogP contribution is -2.49. The van der Waals surface area contributed by atoms with E-state index < -0.39 is 12.0 Å². The minimum absolute atomic E-state index is 0.0911. The van der Waals surface area contributed by atoms with Gasteiger partial charge in [0.25, 0.3) is 0 Å². The number of halogens is 2. The van der Waals surface area contributed by atoms with E-state index in [1.807, 2.05) is 25.1 Å². The number of aliphatic carboxylic acids is 1. The molecule has 0 unspecified atom stereocenters. The maximum Gasteiger partial charge on any atom is 0.304 e. The molecule has 0 spiro atoms. The molecule has 0 saturated carbocycles. The highest BCUT2D eigenvalue weighted by atomic mass is 35.5. The van der Waals surface area contributed by atoms with Crippen LogP contribution in [-0.4, -0.2) is 47.2 Å². The van der Waals surface area contributed by atoms with Crippen LogP contribution in [0, 0.1) is 6.92 Å². The molecule has 0 fully saturated rings. The van der Waals surface area contributed by atoms with Crippen LogP contribution in [0.15, 0.2) is 18.2 Å². The first-order valence-corrected chi connectivity index (χ1v) is 8.18. The van der Waals surface area contributed by atoms with Gasteiger partial charge in [0.1, 0.15) is 13.1 Å². The highest BCUT2D eigenvalue weighted by Crippen LogP contribution is 2.25. The van der Waals surface area contributed by atoms with Crippen molar-refractivity contribution in [1.29, 1.82) is 0 Å². The molecule has 1 rings (SSSR count). The molecule has 5 nitrogen and oxygen atoms in total. The zero-order valence-corrected chi connectivity index (χ0v) is 14.1. The van der Waals surface area contributed by atoms with Gasteiger partial charge in [-0.2, -0.15) is 0 Å². The van der Waals surface area contributed by atoms with Crippen LogP contribution < -0.4 is 10.4 Å². The summed E-state index contributed by atoms with van der Waals surface area (Å²) in [6, 6.07) is 5.12. The second-order valence-corrected chi connectivity index (χ2v) is 6.18. The van der Waals surface area contributed by atoms with Gasteiger partial charge in [-0.15, -0.1) is 27.8 Å². The Kier molecular flexibility index (Phi) is 7.59. The van der Waals surface area contributed by atoms with Crippen molar-refractivity contribution in [2.24, 2.45) is 5.73 Å². The maximum absolute atomic E-state index is 10.7. The second-order valence-electron chi connectivity index (χ2n) is 5.42. The molecular weight excluding hydrogens is 327 g/mol. The van der Waals surface area contributed by atoms with Crippen molar-refractivity contribution >= 4 is 34.9 Å². The van der Waals surface area contributed by atoms with E-state index in [1.54, 1.807) is 0 Å². The van der Waals surface area contributed by atoms with E-state index >= 15 is 0 Å². The van der Waals surface area contributed by atoms with Gasteiger partial charge >= 0.3 is 5.97 Å². The SMILES string of the molecule is Cc1ccc([N+](O)(CCCl)CCCl)cc1C[C@@H](N)CC(=O)O. The zero-order valence-electron chi connectivity index (χ0n) is 12.6. The third-order valence-electron chi connectivity index (χ3n) is 3.64. The molecule has 0 bridgehead atoms. The molecular formula is C15H23Cl2N2O3+. The summed E-state index contributed by atoms with van der Waals surface area (Å²) in [5.41, 5.74) is 8.48. The van der Waals surface area contributed by atoms with E-state index in [0.29, 0.717) is 37.0 Å². The fraction of sp³-hybridized carbons (Fsp3) is 0.533. The summed E-state index contributed by atoms with van der Waals surface area (Å²) in [7, 11) is 0. The zero-order chi connectivity index (χ0) is 16.8. The van der Waals surface area contributed by atoms with Crippen molar-refractivity contribution in [2.45, 2.75) is 25.8 Å². The molecule has 0 aliphatic rings. The molecule has 4 N–H and O–H groups in total. The minimum atomic E-state index is -0.919. The van der Waals surface area contributed by atoms with Crippen LogP contribution in [0.3, 0.4) is 0 Å². The van der Waals surface area contributed by atoms with Gasteiger partial charge in [0.2, 0.25) is 0 Å². The Morgan fingerprint density at radius 2 is 1.91 bits per heavy atom. The Morgan fingerprint density at radius 3 is 2.41 bits per heavy atom. The summed E-state index contributed by atoms with van der Waals surface area (Å²) in [5, 5.41) is 19.5.